The van der Waals surface area contributed by atoms with Gasteiger partial charge in [-0.05, 0) is 93.6 Å². The van der Waals surface area contributed by atoms with Crippen molar-refractivity contribution in [1.82, 2.24) is 0 Å². The predicted molar refractivity (Wildman–Crippen MR) is 381 cm³/mol. The minimum atomic E-state index is -1.15. The normalized spacial score (nSPS) is 21.5. The molecule has 28 nitrogen and oxygen atoms in total. The molecule has 6 heterocycles. The summed E-state index contributed by atoms with van der Waals surface area (Å²) >= 11 is 7.92. The molecule has 6 aliphatic rings. The van der Waals surface area contributed by atoms with Gasteiger partial charge in [0.1, 0.15) is 87.8 Å². The Hall–Kier alpha value is -9.74. The molecule has 6 atom stereocenters. The summed E-state index contributed by atoms with van der Waals surface area (Å²) in [5.41, 5.74) is -0.183. The third-order valence-electron chi connectivity index (χ3n) is 14.3. The van der Waals surface area contributed by atoms with Crippen LogP contribution in [0.25, 0.3) is 0 Å². The quantitative estimate of drug-likeness (QED) is 0.0485. The van der Waals surface area contributed by atoms with Crippen molar-refractivity contribution in [1.29, 1.82) is 0 Å². The monoisotopic (exact) mass is 1470 g/mol. The molecule has 0 spiro atoms. The molecule has 34 heteroatoms. The first kappa shape index (κ1) is 76.6. The van der Waals surface area contributed by atoms with E-state index in [2.05, 4.69) is 30.0 Å². The zero-order valence-corrected chi connectivity index (χ0v) is 57.6. The third kappa shape index (κ3) is 19.8. The van der Waals surface area contributed by atoms with Crippen molar-refractivity contribution < 1.29 is 110 Å². The number of benzene rings is 6. The topological polar surface area (TPSA) is 478 Å². The molecule has 6 aromatic carbocycles. The number of nitrogens with zero attached hydrogens (tertiary/aromatic N) is 6. The van der Waals surface area contributed by atoms with E-state index in [0.717, 1.165) is 0 Å². The molecule has 0 aliphatic carbocycles. The summed E-state index contributed by atoms with van der Waals surface area (Å²) in [5.74, 6) is -2.30. The van der Waals surface area contributed by atoms with E-state index in [1.165, 1.54) is 140 Å². The van der Waals surface area contributed by atoms with Gasteiger partial charge in [0.05, 0.1) is 14.2 Å². The maximum Gasteiger partial charge on any atom is 0.332 e. The lowest BCUT2D eigenvalue weighted by Crippen LogP contribution is -2.33. The zero-order chi connectivity index (χ0) is 72.7. The number of aliphatic imine (C=N–C) groups is 6. The lowest BCUT2D eigenvalue weighted by Gasteiger charge is -2.11. The third-order valence-corrected chi connectivity index (χ3v) is 21.4. The fourth-order valence-electron chi connectivity index (χ4n) is 8.53. The number of aliphatic carboxylic acids is 6. The van der Waals surface area contributed by atoms with Crippen LogP contribution in [-0.4, -0.2) is 221 Å². The van der Waals surface area contributed by atoms with Gasteiger partial charge in [0.2, 0.25) is 0 Å². The highest BCUT2D eigenvalue weighted by atomic mass is 32.2. The number of hydrogen-bond acceptors (Lipinski definition) is 28. The minimum absolute atomic E-state index is 0.0373. The molecule has 0 bridgehead atoms. The van der Waals surface area contributed by atoms with Crippen LogP contribution in [0.4, 0.5) is 0 Å². The summed E-state index contributed by atoms with van der Waals surface area (Å²) < 4.78 is 9.96. The first-order valence-electron chi connectivity index (χ1n) is 28.8. The summed E-state index contributed by atoms with van der Waals surface area (Å²) in [6.07, 6.45) is 0. The molecule has 14 N–H and O–H groups in total. The van der Waals surface area contributed by atoms with Gasteiger partial charge in [-0.3, -0.25) is 30.0 Å². The largest absolute Gasteiger partial charge is 0.508 e. The molecule has 0 saturated carbocycles. The molecule has 0 amide bonds. The molecule has 6 aromatic rings. The van der Waals surface area contributed by atoms with Gasteiger partial charge in [0.25, 0.3) is 0 Å². The van der Waals surface area contributed by atoms with Gasteiger partial charge in [0, 0.05) is 92.2 Å². The molecule has 522 valence electrons. The second-order valence-electron chi connectivity index (χ2n) is 21.9. The maximum atomic E-state index is 11.1. The van der Waals surface area contributed by atoms with Crippen molar-refractivity contribution in [3.05, 3.63) is 155 Å². The van der Waals surface area contributed by atoms with Gasteiger partial charge < -0.3 is 81.0 Å². The summed E-state index contributed by atoms with van der Waals surface area (Å²) in [4.78, 5) is 89.8. The number of carboxylic acid groups (broad SMARTS) is 6. The summed E-state index contributed by atoms with van der Waals surface area (Å²) in [6, 6.07) is 29.4. The van der Waals surface area contributed by atoms with Crippen molar-refractivity contribution in [3.8, 4) is 57.5 Å². The fraction of sp³-hybridized carbons (Fsp3) is 0.262. The average molecular weight is 1470 g/mol. The van der Waals surface area contributed by atoms with Gasteiger partial charge in [-0.2, -0.15) is 0 Å². The molecule has 0 saturated heterocycles. The highest BCUT2D eigenvalue weighted by Crippen LogP contribution is 2.39. The smallest absolute Gasteiger partial charge is 0.332 e. The number of aromatic hydroxyl groups is 8. The molecule has 99 heavy (non-hydrogen) atoms. The summed E-state index contributed by atoms with van der Waals surface area (Å²) in [5, 5.41) is 133. The van der Waals surface area contributed by atoms with Crippen molar-refractivity contribution in [2.24, 2.45) is 30.0 Å². The van der Waals surface area contributed by atoms with E-state index in [1.54, 1.807) is 86.6 Å². The van der Waals surface area contributed by atoms with Crippen molar-refractivity contribution in [2.45, 2.75) is 55.5 Å². The van der Waals surface area contributed by atoms with E-state index in [9.17, 15) is 64.5 Å². The second-order valence-corrected chi connectivity index (χ2v) is 27.8. The van der Waals surface area contributed by atoms with E-state index in [4.69, 9.17) is 45.2 Å². The van der Waals surface area contributed by atoms with Crippen LogP contribution in [0.15, 0.2) is 151 Å². The minimum Gasteiger partial charge on any atom is -0.508 e. The second kappa shape index (κ2) is 33.7. The first-order chi connectivity index (χ1) is 46.8. The van der Waals surface area contributed by atoms with E-state index < -0.39 is 70.6 Å². The number of ether oxygens (including phenoxy) is 2. The highest BCUT2D eigenvalue weighted by molar-refractivity contribution is 8.16. The molecular formula is C65H64N6O22S6. The van der Waals surface area contributed by atoms with E-state index in [1.807, 2.05) is 0 Å². The molecular weight excluding hydrogens is 1410 g/mol. The number of para-hydroxylation sites is 2. The molecule has 0 fully saturated rings. The van der Waals surface area contributed by atoms with Crippen LogP contribution >= 0.6 is 70.6 Å². The van der Waals surface area contributed by atoms with Crippen LogP contribution in [0.5, 0.6) is 57.5 Å². The Morgan fingerprint density at radius 2 is 0.616 bits per heavy atom. The zero-order valence-electron chi connectivity index (χ0n) is 52.7. The Bertz CT molecular complexity index is 4290. The number of hydrogen-bond donors (Lipinski definition) is 14. The Morgan fingerprint density at radius 3 is 0.859 bits per heavy atom. The molecule has 0 unspecified atom stereocenters. The van der Waals surface area contributed by atoms with Gasteiger partial charge >= 0.3 is 35.8 Å². The van der Waals surface area contributed by atoms with Crippen LogP contribution in [0.3, 0.4) is 0 Å². The Labute approximate surface area is 589 Å². The van der Waals surface area contributed by atoms with E-state index in [0.29, 0.717) is 110 Å². The highest BCUT2D eigenvalue weighted by Gasteiger charge is 2.41. The number of carboxylic acids is 6. The van der Waals surface area contributed by atoms with Crippen LogP contribution < -0.4 is 9.47 Å². The number of methoxy groups -OCH3 is 2. The first-order valence-corrected chi connectivity index (χ1v) is 34.7. The van der Waals surface area contributed by atoms with Gasteiger partial charge in [0.15, 0.2) is 34.7 Å². The molecule has 0 radical (unpaired) electrons. The fourth-order valence-corrected chi connectivity index (χ4v) is 15.3. The Kier molecular flexibility index (Phi) is 26.1. The molecule has 12 rings (SSSR count). The van der Waals surface area contributed by atoms with Crippen LogP contribution in [0.1, 0.15) is 54.2 Å². The van der Waals surface area contributed by atoms with Crippen LogP contribution in [0.2, 0.25) is 0 Å². The Balaban J connectivity index is 0.000000167. The van der Waals surface area contributed by atoms with Crippen molar-refractivity contribution >= 4 is 137 Å². The lowest BCUT2D eigenvalue weighted by molar-refractivity contribution is -0.142. The average Bonchev–Trinajstić information content (AvgIpc) is 1.73. The van der Waals surface area contributed by atoms with Gasteiger partial charge in [-0.1, -0.05) is 24.3 Å². The lowest BCUT2D eigenvalue weighted by atomic mass is 10.1. The van der Waals surface area contributed by atoms with Gasteiger partial charge in [-0.15, -0.1) is 70.6 Å². The predicted octanol–water partition coefficient (Wildman–Crippen LogP) is 8.63. The number of rotatable bonds is 14. The molecule has 0 aromatic heterocycles. The maximum absolute atomic E-state index is 11.1. The molecule has 6 aliphatic heterocycles. The van der Waals surface area contributed by atoms with Crippen molar-refractivity contribution in [3.63, 3.8) is 0 Å². The number of thioether (sulfide) groups is 6. The number of carbonyl (C=O) groups is 6. The standard InChI is InChI=1S/C12H13NO4S.2C11H11NO4S.C11H11NO3S.C10H9NO4S.C10H9NO3S/c1-12(11(15)16)6-18-10(13-12)8-4-3-7(17-2)5-9(8)14;1-16-6-2-3-7(9(13)4-6)10-12-8(5-17-10)11(14)15;1-11(10(15)16)5-17-9(12-11)7-3-2-6(13)4-8(7)14;1-11(10(14)15)6-16-9(12-11)7-4-2-3-5-8(7)13;12-5-1-2-6(8(13)3-5)9-11-7(4-16-9)10(14)15;12-8-4-2-1-3-6(8)9-11-7(5-15-9)10(13)14/h3-5,14H,6H2,1-2H3,(H,15,16);2-4,8,13H,5H2,1H3,(H,14,15);2-4,13-14H,5H2,1H3,(H,15,16);2-5,13H,6H2,1H3,(H,14,15);1-3,7,12-13H,4H2,(H,14,15);1-4,7,12H,5H2,(H,13,14)/t12-;8-;2*11-;2*7-/m111111/s1. The SMILES string of the molecule is COc1ccc(C2=N[C@@H](C(=O)O)CS2)c(O)c1.COc1ccc(C2=N[C@@](C)(C(=O)O)CS2)c(O)c1.C[C@]1(C(=O)O)CSC(c2ccc(O)cc2O)=N1.C[C@]1(C(=O)O)CSC(c2ccccc2O)=N1.O=C(O)[C@H]1CSC(c2ccc(O)cc2O)=N1.O=C(O)[C@H]1CSC(c2ccccc2O)=N1. The van der Waals surface area contributed by atoms with Crippen LogP contribution in [-0.2, 0) is 28.8 Å². The van der Waals surface area contributed by atoms with Gasteiger partial charge in [-0.25, -0.2) is 28.8 Å². The Morgan fingerprint density at radius 1 is 0.354 bits per heavy atom. The summed E-state index contributed by atoms with van der Waals surface area (Å²) in [6.45, 7) is 4.68. The van der Waals surface area contributed by atoms with E-state index >= 15 is 0 Å². The van der Waals surface area contributed by atoms with Crippen molar-refractivity contribution in [2.75, 3.05) is 48.7 Å². The van der Waals surface area contributed by atoms with Crippen LogP contribution in [0, 0.1) is 0 Å². The number of phenols is 8. The number of phenolic OH excluding ortho intramolecular Hbond substituents is 8. The summed E-state index contributed by atoms with van der Waals surface area (Å²) in [7, 11) is 3.02. The van der Waals surface area contributed by atoms with E-state index in [-0.39, 0.29) is 46.0 Å².